The molecule has 72 valence electrons. The monoisotopic (exact) mass is 177 g/mol. The summed E-state index contributed by atoms with van der Waals surface area (Å²) in [7, 11) is 0. The normalized spacial score (nSPS) is 12.9. The van der Waals surface area contributed by atoms with E-state index in [0.717, 1.165) is 12.8 Å². The Morgan fingerprint density at radius 1 is 1.23 bits per heavy atom. The Morgan fingerprint density at radius 3 is 2.38 bits per heavy atom. The van der Waals surface area contributed by atoms with Crippen molar-refractivity contribution in [3.8, 4) is 0 Å². The van der Waals surface area contributed by atoms with Crippen LogP contribution in [0.3, 0.4) is 0 Å². The molecular formula is C12H19N. The lowest BCUT2D eigenvalue weighted by atomic mass is 9.97. The number of benzene rings is 1. The van der Waals surface area contributed by atoms with E-state index in [1.165, 1.54) is 16.7 Å². The predicted octanol–water partition coefficient (Wildman–Crippen LogP) is 2.83. The Kier molecular flexibility index (Phi) is 3.49. The van der Waals surface area contributed by atoms with E-state index in [1.807, 2.05) is 6.92 Å². The summed E-state index contributed by atoms with van der Waals surface area (Å²) in [4.78, 5) is 0. The third-order valence-corrected chi connectivity index (χ3v) is 2.49. The number of hydrogen-bond donors (Lipinski definition) is 1. The molecule has 0 aromatic heterocycles. The highest BCUT2D eigenvalue weighted by molar-refractivity contribution is 5.34. The lowest BCUT2D eigenvalue weighted by Gasteiger charge is -2.12. The first-order valence-electron chi connectivity index (χ1n) is 5.06. The van der Waals surface area contributed by atoms with Crippen molar-refractivity contribution >= 4 is 0 Å². The lowest BCUT2D eigenvalue weighted by Crippen LogP contribution is -2.08. The maximum Gasteiger partial charge on any atom is 0.0268 e. The zero-order valence-corrected chi connectivity index (χ0v) is 8.80. The minimum Gasteiger partial charge on any atom is -0.324 e. The number of rotatable bonds is 3. The minimum atomic E-state index is 0.154. The minimum absolute atomic E-state index is 0.154. The molecule has 13 heavy (non-hydrogen) atoms. The second-order valence-electron chi connectivity index (χ2n) is 3.53. The van der Waals surface area contributed by atoms with Crippen LogP contribution in [0.25, 0.3) is 0 Å². The molecule has 0 aliphatic carbocycles. The molecule has 0 aliphatic rings. The van der Waals surface area contributed by atoms with Gasteiger partial charge >= 0.3 is 0 Å². The smallest absolute Gasteiger partial charge is 0.0268 e. The highest BCUT2D eigenvalue weighted by Crippen LogP contribution is 2.18. The van der Waals surface area contributed by atoms with Crippen LogP contribution in [0.5, 0.6) is 0 Å². The molecule has 0 spiro atoms. The van der Waals surface area contributed by atoms with Crippen molar-refractivity contribution in [1.82, 2.24) is 0 Å². The lowest BCUT2D eigenvalue weighted by molar-refractivity contribution is 0.798. The van der Waals surface area contributed by atoms with Crippen LogP contribution in [-0.2, 0) is 12.8 Å². The average molecular weight is 177 g/mol. The fourth-order valence-electron chi connectivity index (χ4n) is 1.61. The van der Waals surface area contributed by atoms with Gasteiger partial charge in [0.15, 0.2) is 0 Å². The summed E-state index contributed by atoms with van der Waals surface area (Å²) in [6, 6.07) is 6.80. The highest BCUT2D eigenvalue weighted by Gasteiger charge is 2.05. The number of nitrogens with two attached hydrogens (primary N) is 1. The molecular weight excluding hydrogens is 158 g/mol. The molecule has 0 saturated carbocycles. The van der Waals surface area contributed by atoms with Crippen molar-refractivity contribution in [3.63, 3.8) is 0 Å². The maximum atomic E-state index is 5.91. The van der Waals surface area contributed by atoms with E-state index in [-0.39, 0.29) is 6.04 Å². The summed E-state index contributed by atoms with van der Waals surface area (Å²) in [5.41, 5.74) is 9.98. The second kappa shape index (κ2) is 4.43. The third kappa shape index (κ3) is 2.31. The van der Waals surface area contributed by atoms with Crippen molar-refractivity contribution < 1.29 is 0 Å². The van der Waals surface area contributed by atoms with Crippen LogP contribution in [0, 0.1) is 0 Å². The van der Waals surface area contributed by atoms with Crippen LogP contribution in [0.1, 0.15) is 43.5 Å². The standard InChI is InChI=1S/C12H19N/c1-4-10-6-7-11(5-2)12(8-10)9(3)13/h6-9H,4-5,13H2,1-3H3/t9-/m1/s1. The molecule has 0 aliphatic heterocycles. The van der Waals surface area contributed by atoms with E-state index in [0.29, 0.717) is 0 Å². The van der Waals surface area contributed by atoms with Crippen molar-refractivity contribution in [3.05, 3.63) is 34.9 Å². The fourth-order valence-corrected chi connectivity index (χ4v) is 1.61. The van der Waals surface area contributed by atoms with Gasteiger partial charge < -0.3 is 5.73 Å². The Hall–Kier alpha value is -0.820. The van der Waals surface area contributed by atoms with Gasteiger partial charge in [0.05, 0.1) is 0 Å². The van der Waals surface area contributed by atoms with Crippen molar-refractivity contribution in [2.45, 2.75) is 39.7 Å². The molecule has 0 fully saturated rings. The van der Waals surface area contributed by atoms with Crippen LogP contribution in [-0.4, -0.2) is 0 Å². The van der Waals surface area contributed by atoms with Crippen molar-refractivity contribution in [2.24, 2.45) is 5.73 Å². The molecule has 1 nitrogen and oxygen atoms in total. The first kappa shape index (κ1) is 10.3. The zero-order valence-electron chi connectivity index (χ0n) is 8.80. The van der Waals surface area contributed by atoms with Crippen LogP contribution in [0.4, 0.5) is 0 Å². The first-order valence-corrected chi connectivity index (χ1v) is 5.06. The van der Waals surface area contributed by atoms with Gasteiger partial charge in [0.2, 0.25) is 0 Å². The van der Waals surface area contributed by atoms with Crippen molar-refractivity contribution in [2.75, 3.05) is 0 Å². The van der Waals surface area contributed by atoms with Crippen molar-refractivity contribution in [1.29, 1.82) is 0 Å². The zero-order chi connectivity index (χ0) is 9.84. The van der Waals surface area contributed by atoms with E-state index >= 15 is 0 Å². The molecule has 1 rings (SSSR count). The van der Waals surface area contributed by atoms with Crippen LogP contribution in [0.15, 0.2) is 18.2 Å². The van der Waals surface area contributed by atoms with Gasteiger partial charge in [-0.25, -0.2) is 0 Å². The van der Waals surface area contributed by atoms with Gasteiger partial charge in [0.25, 0.3) is 0 Å². The van der Waals surface area contributed by atoms with Gasteiger partial charge in [-0.05, 0) is 36.5 Å². The van der Waals surface area contributed by atoms with E-state index in [2.05, 4.69) is 32.0 Å². The number of hydrogen-bond acceptors (Lipinski definition) is 1. The summed E-state index contributed by atoms with van der Waals surface area (Å²) in [5, 5.41) is 0. The van der Waals surface area contributed by atoms with Gasteiger partial charge in [-0.2, -0.15) is 0 Å². The molecule has 1 heteroatoms. The van der Waals surface area contributed by atoms with Crippen LogP contribution < -0.4 is 5.73 Å². The quantitative estimate of drug-likeness (QED) is 0.755. The molecule has 2 N–H and O–H groups in total. The Labute approximate surface area is 81.0 Å². The topological polar surface area (TPSA) is 26.0 Å². The summed E-state index contributed by atoms with van der Waals surface area (Å²) >= 11 is 0. The molecule has 0 bridgehead atoms. The molecule has 0 amide bonds. The summed E-state index contributed by atoms with van der Waals surface area (Å²) in [5.74, 6) is 0. The molecule has 1 aromatic rings. The third-order valence-electron chi connectivity index (χ3n) is 2.49. The molecule has 0 radical (unpaired) electrons. The average Bonchev–Trinajstić information content (AvgIpc) is 2.16. The first-order chi connectivity index (χ1) is 6.19. The molecule has 0 saturated heterocycles. The molecule has 1 aromatic carbocycles. The predicted molar refractivity (Wildman–Crippen MR) is 57.8 cm³/mol. The van der Waals surface area contributed by atoms with Gasteiger partial charge in [0, 0.05) is 6.04 Å². The van der Waals surface area contributed by atoms with Gasteiger partial charge in [-0.15, -0.1) is 0 Å². The molecule has 0 heterocycles. The number of aryl methyl sites for hydroxylation is 2. The van der Waals surface area contributed by atoms with E-state index < -0.39 is 0 Å². The summed E-state index contributed by atoms with van der Waals surface area (Å²) < 4.78 is 0. The van der Waals surface area contributed by atoms with Crippen LogP contribution >= 0.6 is 0 Å². The molecule has 0 unspecified atom stereocenters. The Balaban J connectivity index is 3.10. The van der Waals surface area contributed by atoms with Gasteiger partial charge in [0.1, 0.15) is 0 Å². The highest BCUT2D eigenvalue weighted by atomic mass is 14.6. The fraction of sp³-hybridized carbons (Fsp3) is 0.500. The van der Waals surface area contributed by atoms with E-state index in [1.54, 1.807) is 0 Å². The van der Waals surface area contributed by atoms with E-state index in [9.17, 15) is 0 Å². The summed E-state index contributed by atoms with van der Waals surface area (Å²) in [6.45, 7) is 6.40. The van der Waals surface area contributed by atoms with Crippen LogP contribution in [0.2, 0.25) is 0 Å². The van der Waals surface area contributed by atoms with E-state index in [4.69, 9.17) is 5.73 Å². The Bertz CT molecular complexity index is 276. The van der Waals surface area contributed by atoms with Gasteiger partial charge in [-0.1, -0.05) is 32.0 Å². The largest absolute Gasteiger partial charge is 0.324 e. The summed E-state index contributed by atoms with van der Waals surface area (Å²) in [6.07, 6.45) is 2.16. The second-order valence-corrected chi connectivity index (χ2v) is 3.53. The SMILES string of the molecule is CCc1ccc(CC)c([C@@H](C)N)c1. The maximum absolute atomic E-state index is 5.91. The Morgan fingerprint density at radius 2 is 1.92 bits per heavy atom. The molecule has 1 atom stereocenters. The van der Waals surface area contributed by atoms with Gasteiger partial charge in [-0.3, -0.25) is 0 Å².